The molecule has 1 amide bonds. The fourth-order valence-corrected chi connectivity index (χ4v) is 2.81. The Bertz CT molecular complexity index is 609. The van der Waals surface area contributed by atoms with Gasteiger partial charge in [-0.05, 0) is 37.1 Å². The second-order valence-electron chi connectivity index (χ2n) is 5.70. The van der Waals surface area contributed by atoms with Crippen molar-refractivity contribution in [1.29, 1.82) is 0 Å². The molecule has 4 nitrogen and oxygen atoms in total. The summed E-state index contributed by atoms with van der Waals surface area (Å²) in [5.74, 6) is 1.16. The molecule has 1 saturated carbocycles. The molecular weight excluding hydrogens is 290 g/mol. The van der Waals surface area contributed by atoms with Crippen molar-refractivity contribution in [3.63, 3.8) is 0 Å². The van der Waals surface area contributed by atoms with Crippen LogP contribution in [0.2, 0.25) is 0 Å². The van der Waals surface area contributed by atoms with Gasteiger partial charge in [-0.25, -0.2) is 4.79 Å². The maximum atomic E-state index is 12.6. The Balaban J connectivity index is 1.74. The van der Waals surface area contributed by atoms with Gasteiger partial charge in [-0.15, -0.1) is 5.06 Å². The Hall–Kier alpha value is -2.49. The lowest BCUT2D eigenvalue weighted by Crippen LogP contribution is -2.45. The SMILES string of the molecule is O=C(Oc1ccccc1)N(Oc1ccccc1)C1CCCCC1. The molecule has 4 heteroatoms. The standard InChI is InChI=1S/C19H21NO3/c21-19(22-17-12-6-2-7-13-17)20(16-10-4-1-5-11-16)23-18-14-8-3-9-15-18/h2-3,6-9,12-16H,1,4-5,10-11H2. The van der Waals surface area contributed by atoms with Gasteiger partial charge in [-0.3, -0.25) is 0 Å². The Kier molecular flexibility index (Phi) is 5.14. The lowest BCUT2D eigenvalue weighted by molar-refractivity contribution is -0.0743. The van der Waals surface area contributed by atoms with Gasteiger partial charge in [0.2, 0.25) is 0 Å². The first kappa shape index (κ1) is 15.4. The number of para-hydroxylation sites is 2. The van der Waals surface area contributed by atoms with Crippen LogP contribution in [0.3, 0.4) is 0 Å². The maximum absolute atomic E-state index is 12.6. The molecule has 0 heterocycles. The third kappa shape index (κ3) is 4.25. The summed E-state index contributed by atoms with van der Waals surface area (Å²) in [6, 6.07) is 18.5. The van der Waals surface area contributed by atoms with Crippen LogP contribution in [0.4, 0.5) is 4.79 Å². The van der Waals surface area contributed by atoms with E-state index in [1.807, 2.05) is 48.5 Å². The molecule has 0 atom stereocenters. The normalized spacial score (nSPS) is 15.0. The minimum atomic E-state index is -0.466. The van der Waals surface area contributed by atoms with Crippen molar-refractivity contribution in [1.82, 2.24) is 5.06 Å². The first-order valence-corrected chi connectivity index (χ1v) is 8.12. The topological polar surface area (TPSA) is 38.8 Å². The van der Waals surface area contributed by atoms with Gasteiger partial charge < -0.3 is 9.57 Å². The van der Waals surface area contributed by atoms with Gasteiger partial charge >= 0.3 is 6.09 Å². The molecule has 0 aliphatic heterocycles. The largest absolute Gasteiger partial charge is 0.448 e. The minimum Gasteiger partial charge on any atom is -0.408 e. The van der Waals surface area contributed by atoms with E-state index in [4.69, 9.17) is 9.57 Å². The lowest BCUT2D eigenvalue weighted by Gasteiger charge is -2.32. The second-order valence-corrected chi connectivity index (χ2v) is 5.70. The predicted octanol–water partition coefficient (Wildman–Crippen LogP) is 4.81. The zero-order valence-electron chi connectivity index (χ0n) is 13.1. The number of amides is 1. The van der Waals surface area contributed by atoms with Crippen molar-refractivity contribution in [2.75, 3.05) is 0 Å². The summed E-state index contributed by atoms with van der Waals surface area (Å²) in [7, 11) is 0. The summed E-state index contributed by atoms with van der Waals surface area (Å²) in [6.07, 6.45) is 4.85. The highest BCUT2D eigenvalue weighted by molar-refractivity contribution is 5.70. The van der Waals surface area contributed by atoms with Gasteiger partial charge in [0.05, 0.1) is 6.04 Å². The Morgan fingerprint density at radius 3 is 2.00 bits per heavy atom. The number of carbonyl (C=O) groups excluding carboxylic acids is 1. The van der Waals surface area contributed by atoms with E-state index < -0.39 is 6.09 Å². The number of carbonyl (C=O) groups is 1. The fraction of sp³-hybridized carbons (Fsp3) is 0.316. The molecule has 1 aliphatic rings. The fourth-order valence-electron chi connectivity index (χ4n) is 2.81. The molecule has 0 aromatic heterocycles. The molecular formula is C19H21NO3. The molecule has 2 aromatic carbocycles. The van der Waals surface area contributed by atoms with Crippen LogP contribution in [-0.4, -0.2) is 17.2 Å². The van der Waals surface area contributed by atoms with E-state index in [0.29, 0.717) is 11.5 Å². The third-order valence-electron chi connectivity index (χ3n) is 3.98. The Morgan fingerprint density at radius 2 is 1.39 bits per heavy atom. The van der Waals surface area contributed by atoms with Crippen molar-refractivity contribution in [2.24, 2.45) is 0 Å². The second kappa shape index (κ2) is 7.68. The van der Waals surface area contributed by atoms with Crippen molar-refractivity contribution in [3.05, 3.63) is 60.7 Å². The quantitative estimate of drug-likeness (QED) is 0.760. The van der Waals surface area contributed by atoms with Crippen molar-refractivity contribution in [2.45, 2.75) is 38.1 Å². The van der Waals surface area contributed by atoms with Crippen LogP contribution < -0.4 is 9.57 Å². The van der Waals surface area contributed by atoms with E-state index in [0.717, 1.165) is 25.7 Å². The van der Waals surface area contributed by atoms with Gasteiger partial charge in [-0.2, -0.15) is 0 Å². The summed E-state index contributed by atoms with van der Waals surface area (Å²) >= 11 is 0. The summed E-state index contributed by atoms with van der Waals surface area (Å²) in [4.78, 5) is 18.4. The molecule has 0 unspecified atom stereocenters. The average Bonchev–Trinajstić information content (AvgIpc) is 2.62. The number of nitrogens with zero attached hydrogens (tertiary/aromatic N) is 1. The molecule has 0 N–H and O–H groups in total. The van der Waals surface area contributed by atoms with Crippen molar-refractivity contribution in [3.8, 4) is 11.5 Å². The third-order valence-corrected chi connectivity index (χ3v) is 3.98. The molecule has 0 radical (unpaired) electrons. The summed E-state index contributed by atoms with van der Waals surface area (Å²) in [5.41, 5.74) is 0. The number of ether oxygens (including phenoxy) is 1. The van der Waals surface area contributed by atoms with E-state index in [1.165, 1.54) is 11.5 Å². The molecule has 2 aromatic rings. The van der Waals surface area contributed by atoms with E-state index in [2.05, 4.69) is 0 Å². The van der Waals surface area contributed by atoms with Crippen LogP contribution in [0.15, 0.2) is 60.7 Å². The number of hydrogen-bond acceptors (Lipinski definition) is 3. The van der Waals surface area contributed by atoms with Gasteiger partial charge in [0.1, 0.15) is 5.75 Å². The summed E-state index contributed by atoms with van der Waals surface area (Å²) in [6.45, 7) is 0. The van der Waals surface area contributed by atoms with Gasteiger partial charge in [-0.1, -0.05) is 55.7 Å². The number of rotatable bonds is 4. The molecule has 0 saturated heterocycles. The van der Waals surface area contributed by atoms with E-state index in [-0.39, 0.29) is 6.04 Å². The molecule has 0 spiro atoms. The molecule has 23 heavy (non-hydrogen) atoms. The van der Waals surface area contributed by atoms with E-state index >= 15 is 0 Å². The van der Waals surface area contributed by atoms with Crippen molar-refractivity contribution >= 4 is 6.09 Å². The van der Waals surface area contributed by atoms with Gasteiger partial charge in [0.25, 0.3) is 0 Å². The number of hydrogen-bond donors (Lipinski definition) is 0. The smallest absolute Gasteiger partial charge is 0.408 e. The summed E-state index contributed by atoms with van der Waals surface area (Å²) in [5, 5.41) is 1.40. The monoisotopic (exact) mass is 311 g/mol. The van der Waals surface area contributed by atoms with Crippen LogP contribution in [0.5, 0.6) is 11.5 Å². The highest BCUT2D eigenvalue weighted by atomic mass is 16.7. The van der Waals surface area contributed by atoms with Crippen LogP contribution in [0.1, 0.15) is 32.1 Å². The Labute approximate surface area is 136 Å². The molecule has 1 fully saturated rings. The zero-order valence-corrected chi connectivity index (χ0v) is 13.1. The number of hydroxylamine groups is 2. The zero-order chi connectivity index (χ0) is 15.9. The molecule has 3 rings (SSSR count). The van der Waals surface area contributed by atoms with E-state index in [9.17, 15) is 4.79 Å². The molecule has 120 valence electrons. The predicted molar refractivity (Wildman–Crippen MR) is 88.2 cm³/mol. The Morgan fingerprint density at radius 1 is 0.826 bits per heavy atom. The first-order valence-electron chi connectivity index (χ1n) is 8.12. The molecule has 0 bridgehead atoms. The first-order chi connectivity index (χ1) is 11.3. The maximum Gasteiger partial charge on any atom is 0.448 e. The lowest BCUT2D eigenvalue weighted by atomic mass is 9.95. The van der Waals surface area contributed by atoms with Gasteiger partial charge in [0.15, 0.2) is 5.75 Å². The highest BCUT2D eigenvalue weighted by Crippen LogP contribution is 2.25. The van der Waals surface area contributed by atoms with Crippen molar-refractivity contribution < 1.29 is 14.4 Å². The minimum absolute atomic E-state index is 0.0557. The average molecular weight is 311 g/mol. The molecule has 1 aliphatic carbocycles. The van der Waals surface area contributed by atoms with Crippen LogP contribution >= 0.6 is 0 Å². The number of benzene rings is 2. The van der Waals surface area contributed by atoms with Gasteiger partial charge in [0, 0.05) is 0 Å². The highest BCUT2D eigenvalue weighted by Gasteiger charge is 2.29. The van der Waals surface area contributed by atoms with E-state index in [1.54, 1.807) is 12.1 Å². The van der Waals surface area contributed by atoms with Crippen LogP contribution in [0.25, 0.3) is 0 Å². The van der Waals surface area contributed by atoms with Crippen LogP contribution in [-0.2, 0) is 0 Å². The van der Waals surface area contributed by atoms with Crippen LogP contribution in [0, 0.1) is 0 Å². The summed E-state index contributed by atoms with van der Waals surface area (Å²) < 4.78 is 5.46.